The highest BCUT2D eigenvalue weighted by Gasteiger charge is 2.31. The fraction of sp³-hybridized carbons (Fsp3) is 0.381. The lowest BCUT2D eigenvalue weighted by Gasteiger charge is -2.37. The summed E-state index contributed by atoms with van der Waals surface area (Å²) < 4.78 is 1.96. The fourth-order valence-corrected chi connectivity index (χ4v) is 4.24. The van der Waals surface area contributed by atoms with Crippen LogP contribution in [0.5, 0.6) is 0 Å². The summed E-state index contributed by atoms with van der Waals surface area (Å²) >= 11 is 6.16. The first-order valence-electron chi connectivity index (χ1n) is 9.89. The molecule has 1 aliphatic heterocycles. The number of quaternary nitrogens is 1. The molecule has 0 radical (unpaired) electrons. The lowest BCUT2D eigenvalue weighted by molar-refractivity contribution is -0.933. The van der Waals surface area contributed by atoms with Gasteiger partial charge in [0, 0.05) is 17.1 Å². The van der Waals surface area contributed by atoms with E-state index in [2.05, 4.69) is 57.7 Å². The highest BCUT2D eigenvalue weighted by molar-refractivity contribution is 6.30. The van der Waals surface area contributed by atoms with E-state index in [4.69, 9.17) is 11.6 Å². The molecule has 1 aromatic heterocycles. The van der Waals surface area contributed by atoms with Crippen molar-refractivity contribution in [3.8, 4) is 0 Å². The highest BCUT2D eigenvalue weighted by Crippen LogP contribution is 2.20. The van der Waals surface area contributed by atoms with Crippen LogP contribution in [0.3, 0.4) is 0 Å². The SMILES string of the molecule is CC[C@H](c1nnnn1Cc1ccccc1)[NH+]1CCN(c2cccc(Cl)c2)CC1. The van der Waals surface area contributed by atoms with E-state index in [9.17, 15) is 0 Å². The zero-order valence-corrected chi connectivity index (χ0v) is 16.9. The number of hydrogen-bond acceptors (Lipinski definition) is 4. The third-order valence-electron chi connectivity index (χ3n) is 5.53. The highest BCUT2D eigenvalue weighted by atomic mass is 35.5. The number of anilines is 1. The Balaban J connectivity index is 1.45. The minimum absolute atomic E-state index is 0.306. The molecule has 28 heavy (non-hydrogen) atoms. The second-order valence-electron chi connectivity index (χ2n) is 7.27. The average molecular weight is 398 g/mol. The zero-order valence-electron chi connectivity index (χ0n) is 16.1. The van der Waals surface area contributed by atoms with Crippen molar-refractivity contribution >= 4 is 17.3 Å². The summed E-state index contributed by atoms with van der Waals surface area (Å²) in [4.78, 5) is 3.96. The van der Waals surface area contributed by atoms with Crippen LogP contribution < -0.4 is 9.80 Å². The Labute approximate surface area is 170 Å². The Morgan fingerprint density at radius 1 is 1.07 bits per heavy atom. The van der Waals surface area contributed by atoms with E-state index >= 15 is 0 Å². The molecule has 1 saturated heterocycles. The number of rotatable bonds is 6. The quantitative estimate of drug-likeness (QED) is 0.693. The van der Waals surface area contributed by atoms with Gasteiger partial charge in [0.15, 0.2) is 0 Å². The van der Waals surface area contributed by atoms with Gasteiger partial charge in [-0.25, -0.2) is 4.68 Å². The van der Waals surface area contributed by atoms with Gasteiger partial charge >= 0.3 is 0 Å². The van der Waals surface area contributed by atoms with Gasteiger partial charge in [-0.3, -0.25) is 0 Å². The molecule has 2 aromatic carbocycles. The van der Waals surface area contributed by atoms with Gasteiger partial charge in [-0.2, -0.15) is 0 Å². The first-order valence-corrected chi connectivity index (χ1v) is 10.3. The van der Waals surface area contributed by atoms with Gasteiger partial charge in [-0.15, -0.1) is 5.10 Å². The van der Waals surface area contributed by atoms with Crippen molar-refractivity contribution in [2.24, 2.45) is 0 Å². The zero-order chi connectivity index (χ0) is 19.3. The molecule has 3 aromatic rings. The van der Waals surface area contributed by atoms with Gasteiger partial charge in [0.25, 0.3) is 0 Å². The van der Waals surface area contributed by atoms with Crippen molar-refractivity contribution in [2.45, 2.75) is 25.9 Å². The van der Waals surface area contributed by atoms with Crippen LogP contribution in [0.4, 0.5) is 5.69 Å². The molecule has 0 unspecified atom stereocenters. The van der Waals surface area contributed by atoms with Crippen molar-refractivity contribution < 1.29 is 4.90 Å². The Kier molecular flexibility index (Phi) is 5.88. The van der Waals surface area contributed by atoms with Crippen molar-refractivity contribution in [1.29, 1.82) is 0 Å². The topological polar surface area (TPSA) is 51.3 Å². The molecular weight excluding hydrogens is 372 g/mol. The maximum absolute atomic E-state index is 6.16. The van der Waals surface area contributed by atoms with E-state index < -0.39 is 0 Å². The summed E-state index contributed by atoms with van der Waals surface area (Å²) in [5.41, 5.74) is 2.42. The van der Waals surface area contributed by atoms with E-state index in [-0.39, 0.29) is 0 Å². The molecule has 1 aliphatic rings. The Hall–Kier alpha value is -2.44. The molecule has 1 atom stereocenters. The minimum atomic E-state index is 0.306. The number of nitrogens with zero attached hydrogens (tertiary/aromatic N) is 5. The average Bonchev–Trinajstić information content (AvgIpc) is 3.18. The van der Waals surface area contributed by atoms with E-state index in [1.807, 2.05) is 28.9 Å². The second-order valence-corrected chi connectivity index (χ2v) is 7.70. The van der Waals surface area contributed by atoms with Crippen LogP contribution in [0.2, 0.25) is 5.02 Å². The molecule has 4 rings (SSSR count). The molecular formula is C21H26ClN6+. The summed E-state index contributed by atoms with van der Waals surface area (Å²) in [5.74, 6) is 0.984. The number of tetrazole rings is 1. The lowest BCUT2D eigenvalue weighted by atomic mass is 10.1. The standard InChI is InChI=1S/C21H25ClN6/c1-2-20(21-23-24-25-28(21)16-17-7-4-3-5-8-17)27-13-11-26(12-14-27)19-10-6-9-18(22)15-19/h3-10,15,20H,2,11-14,16H2,1H3/p+1/t20-/m1/s1. The largest absolute Gasteiger partial charge is 0.360 e. The van der Waals surface area contributed by atoms with Gasteiger partial charge in [-0.05, 0) is 34.2 Å². The van der Waals surface area contributed by atoms with Crippen LogP contribution in [0.15, 0.2) is 54.6 Å². The molecule has 1 fully saturated rings. The smallest absolute Gasteiger partial charge is 0.209 e. The number of benzene rings is 2. The summed E-state index contributed by atoms with van der Waals surface area (Å²) in [5, 5.41) is 13.4. The lowest BCUT2D eigenvalue weighted by Crippen LogP contribution is -3.15. The first kappa shape index (κ1) is 18.9. The maximum Gasteiger partial charge on any atom is 0.209 e. The van der Waals surface area contributed by atoms with Crippen LogP contribution in [0.25, 0.3) is 0 Å². The number of nitrogens with one attached hydrogen (secondary N) is 1. The molecule has 0 bridgehead atoms. The van der Waals surface area contributed by atoms with E-state index in [0.717, 1.165) is 43.4 Å². The third-order valence-corrected chi connectivity index (χ3v) is 5.76. The molecule has 6 nitrogen and oxygen atoms in total. The molecule has 0 saturated carbocycles. The van der Waals surface area contributed by atoms with Crippen LogP contribution in [-0.4, -0.2) is 46.4 Å². The predicted molar refractivity (Wildman–Crippen MR) is 111 cm³/mol. The van der Waals surface area contributed by atoms with Crippen LogP contribution >= 0.6 is 11.6 Å². The third kappa shape index (κ3) is 4.18. The number of piperazine rings is 1. The van der Waals surface area contributed by atoms with Gasteiger partial charge in [0.1, 0.15) is 6.04 Å². The van der Waals surface area contributed by atoms with Crippen LogP contribution in [-0.2, 0) is 6.54 Å². The minimum Gasteiger partial charge on any atom is -0.360 e. The van der Waals surface area contributed by atoms with E-state index in [1.54, 1.807) is 4.90 Å². The summed E-state index contributed by atoms with van der Waals surface area (Å²) in [6.07, 6.45) is 1.02. The van der Waals surface area contributed by atoms with E-state index in [0.29, 0.717) is 12.6 Å². The number of hydrogen-bond donors (Lipinski definition) is 1. The predicted octanol–water partition coefficient (Wildman–Crippen LogP) is 2.23. The summed E-state index contributed by atoms with van der Waals surface area (Å²) in [7, 11) is 0. The first-order chi connectivity index (χ1) is 13.7. The number of halogens is 1. The molecule has 7 heteroatoms. The van der Waals surface area contributed by atoms with Gasteiger partial charge < -0.3 is 9.80 Å². The Bertz CT molecular complexity index is 889. The van der Waals surface area contributed by atoms with Gasteiger partial charge in [0.2, 0.25) is 5.82 Å². The molecule has 146 valence electrons. The molecule has 0 aliphatic carbocycles. The Morgan fingerprint density at radius 3 is 2.57 bits per heavy atom. The van der Waals surface area contributed by atoms with Gasteiger partial charge in [0.05, 0.1) is 32.7 Å². The fourth-order valence-electron chi connectivity index (χ4n) is 4.06. The van der Waals surface area contributed by atoms with Crippen molar-refractivity contribution in [1.82, 2.24) is 20.2 Å². The summed E-state index contributed by atoms with van der Waals surface area (Å²) in [6, 6.07) is 18.8. The Morgan fingerprint density at radius 2 is 1.86 bits per heavy atom. The van der Waals surface area contributed by atoms with E-state index in [1.165, 1.54) is 11.3 Å². The molecule has 0 amide bonds. The maximum atomic E-state index is 6.16. The van der Waals surface area contributed by atoms with Crippen molar-refractivity contribution in [2.75, 3.05) is 31.1 Å². The summed E-state index contributed by atoms with van der Waals surface area (Å²) in [6.45, 7) is 7.06. The van der Waals surface area contributed by atoms with Gasteiger partial charge in [-0.1, -0.05) is 54.9 Å². The molecule has 1 N–H and O–H groups in total. The normalized spacial score (nSPS) is 16.3. The molecule has 2 heterocycles. The van der Waals surface area contributed by atoms with Crippen LogP contribution in [0.1, 0.15) is 30.8 Å². The number of aromatic nitrogens is 4. The van der Waals surface area contributed by atoms with Crippen molar-refractivity contribution in [3.63, 3.8) is 0 Å². The monoisotopic (exact) mass is 397 g/mol. The van der Waals surface area contributed by atoms with Crippen LogP contribution in [0, 0.1) is 0 Å². The van der Waals surface area contributed by atoms with Crippen molar-refractivity contribution in [3.05, 3.63) is 71.0 Å². The second kappa shape index (κ2) is 8.71. The molecule has 0 spiro atoms.